The summed E-state index contributed by atoms with van der Waals surface area (Å²) < 4.78 is 22.1. The van der Waals surface area contributed by atoms with Crippen LogP contribution >= 0.6 is 0 Å². The second-order valence-corrected chi connectivity index (χ2v) is 5.46. The molecular weight excluding hydrogens is 322 g/mol. The summed E-state index contributed by atoms with van der Waals surface area (Å²) in [6.45, 7) is 1.74. The summed E-state index contributed by atoms with van der Waals surface area (Å²) in [6, 6.07) is 11.2. The standard InChI is InChI=1S/C19H19NO5/c1-11(20-21)12-5-6-15-13(7-12)8-16(25-15)14-9-17(22-2)19(24-4)18(10-14)23-3/h5-10,21H,1-4H3/b20-11-. The van der Waals surface area contributed by atoms with Crippen LogP contribution < -0.4 is 14.2 Å². The van der Waals surface area contributed by atoms with E-state index in [1.54, 1.807) is 28.3 Å². The van der Waals surface area contributed by atoms with Crippen molar-refractivity contribution in [1.29, 1.82) is 0 Å². The molecule has 130 valence electrons. The molecular formula is C19H19NO5. The summed E-state index contributed by atoms with van der Waals surface area (Å²) in [5, 5.41) is 13.1. The molecule has 0 fully saturated rings. The fraction of sp³-hybridized carbons (Fsp3) is 0.211. The Morgan fingerprint density at radius 3 is 2.20 bits per heavy atom. The molecule has 0 saturated heterocycles. The van der Waals surface area contributed by atoms with Crippen molar-refractivity contribution in [2.24, 2.45) is 5.16 Å². The van der Waals surface area contributed by atoms with E-state index in [2.05, 4.69) is 5.16 Å². The van der Waals surface area contributed by atoms with Crippen LogP contribution in [0.3, 0.4) is 0 Å². The molecule has 0 aliphatic heterocycles. The zero-order chi connectivity index (χ0) is 18.0. The summed E-state index contributed by atoms with van der Waals surface area (Å²) >= 11 is 0. The van der Waals surface area contributed by atoms with Crippen LogP contribution in [0.5, 0.6) is 17.2 Å². The highest BCUT2D eigenvalue weighted by molar-refractivity contribution is 6.01. The molecule has 25 heavy (non-hydrogen) atoms. The number of ether oxygens (including phenoxy) is 3. The van der Waals surface area contributed by atoms with Crippen molar-refractivity contribution in [3.05, 3.63) is 42.0 Å². The van der Waals surface area contributed by atoms with Gasteiger partial charge in [-0.05, 0) is 48.9 Å². The van der Waals surface area contributed by atoms with Gasteiger partial charge in [0.25, 0.3) is 0 Å². The number of hydrogen-bond acceptors (Lipinski definition) is 6. The van der Waals surface area contributed by atoms with Crippen LogP contribution in [0.15, 0.2) is 46.0 Å². The Kier molecular flexibility index (Phi) is 4.52. The van der Waals surface area contributed by atoms with E-state index < -0.39 is 0 Å². The Balaban J connectivity index is 2.13. The topological polar surface area (TPSA) is 73.4 Å². The van der Waals surface area contributed by atoms with E-state index in [4.69, 9.17) is 23.8 Å². The van der Waals surface area contributed by atoms with Crippen molar-refractivity contribution in [2.45, 2.75) is 6.92 Å². The minimum atomic E-state index is 0.530. The molecule has 0 spiro atoms. The van der Waals surface area contributed by atoms with Gasteiger partial charge in [0.1, 0.15) is 11.3 Å². The first kappa shape index (κ1) is 16.7. The maximum atomic E-state index is 8.93. The van der Waals surface area contributed by atoms with Crippen LogP contribution in [0, 0.1) is 0 Å². The monoisotopic (exact) mass is 341 g/mol. The molecule has 0 bridgehead atoms. The first-order valence-electron chi connectivity index (χ1n) is 7.64. The molecule has 0 unspecified atom stereocenters. The van der Waals surface area contributed by atoms with Gasteiger partial charge in [-0.3, -0.25) is 0 Å². The maximum Gasteiger partial charge on any atom is 0.203 e. The lowest BCUT2D eigenvalue weighted by Gasteiger charge is -2.13. The number of methoxy groups -OCH3 is 3. The predicted molar refractivity (Wildman–Crippen MR) is 95.3 cm³/mol. The SMILES string of the molecule is COc1cc(-c2cc3cc(/C(C)=N\O)ccc3o2)cc(OC)c1OC. The van der Waals surface area contributed by atoms with Gasteiger partial charge in [-0.15, -0.1) is 0 Å². The summed E-state index contributed by atoms with van der Waals surface area (Å²) in [6.07, 6.45) is 0. The molecule has 1 N–H and O–H groups in total. The predicted octanol–water partition coefficient (Wildman–Crippen LogP) is 4.32. The summed E-state index contributed by atoms with van der Waals surface area (Å²) in [4.78, 5) is 0. The number of hydrogen-bond donors (Lipinski definition) is 1. The van der Waals surface area contributed by atoms with Crippen molar-refractivity contribution >= 4 is 16.7 Å². The average molecular weight is 341 g/mol. The molecule has 0 radical (unpaired) electrons. The van der Waals surface area contributed by atoms with Gasteiger partial charge >= 0.3 is 0 Å². The Bertz CT molecular complexity index is 917. The molecule has 3 aromatic rings. The van der Waals surface area contributed by atoms with Crippen LogP contribution in [0.4, 0.5) is 0 Å². The first-order valence-corrected chi connectivity index (χ1v) is 7.64. The molecule has 6 nitrogen and oxygen atoms in total. The van der Waals surface area contributed by atoms with Gasteiger partial charge in [0.15, 0.2) is 11.5 Å². The van der Waals surface area contributed by atoms with Gasteiger partial charge in [-0.1, -0.05) is 5.16 Å². The van der Waals surface area contributed by atoms with Gasteiger partial charge in [-0.25, -0.2) is 0 Å². The normalized spacial score (nSPS) is 11.6. The largest absolute Gasteiger partial charge is 0.493 e. The number of furan rings is 1. The number of fused-ring (bicyclic) bond motifs is 1. The second kappa shape index (κ2) is 6.76. The molecule has 0 aliphatic carbocycles. The summed E-state index contributed by atoms with van der Waals surface area (Å²) in [5.74, 6) is 2.31. The fourth-order valence-electron chi connectivity index (χ4n) is 2.69. The van der Waals surface area contributed by atoms with Crippen molar-refractivity contribution in [2.75, 3.05) is 21.3 Å². The fourth-order valence-corrected chi connectivity index (χ4v) is 2.69. The number of nitrogens with zero attached hydrogens (tertiary/aromatic N) is 1. The Morgan fingerprint density at radius 1 is 0.960 bits per heavy atom. The minimum Gasteiger partial charge on any atom is -0.493 e. The minimum absolute atomic E-state index is 0.530. The van der Waals surface area contributed by atoms with E-state index in [-0.39, 0.29) is 0 Å². The first-order chi connectivity index (χ1) is 12.1. The smallest absolute Gasteiger partial charge is 0.203 e. The number of benzene rings is 2. The molecule has 0 amide bonds. The number of rotatable bonds is 5. The molecule has 1 heterocycles. The van der Waals surface area contributed by atoms with Crippen molar-refractivity contribution in [3.8, 4) is 28.6 Å². The molecule has 6 heteroatoms. The van der Waals surface area contributed by atoms with Gasteiger partial charge in [0.2, 0.25) is 5.75 Å². The third kappa shape index (κ3) is 2.98. The highest BCUT2D eigenvalue weighted by atomic mass is 16.5. The van der Waals surface area contributed by atoms with E-state index in [0.29, 0.717) is 28.7 Å². The Morgan fingerprint density at radius 2 is 1.64 bits per heavy atom. The molecule has 1 aromatic heterocycles. The van der Waals surface area contributed by atoms with Crippen molar-refractivity contribution < 1.29 is 23.8 Å². The third-order valence-electron chi connectivity index (χ3n) is 4.03. The Hall–Kier alpha value is -3.15. The average Bonchev–Trinajstić information content (AvgIpc) is 3.09. The Labute approximate surface area is 145 Å². The highest BCUT2D eigenvalue weighted by Crippen LogP contribution is 2.42. The maximum absolute atomic E-state index is 8.93. The highest BCUT2D eigenvalue weighted by Gasteiger charge is 2.16. The zero-order valence-corrected chi connectivity index (χ0v) is 14.5. The summed E-state index contributed by atoms with van der Waals surface area (Å²) in [7, 11) is 4.71. The molecule has 0 atom stereocenters. The zero-order valence-electron chi connectivity index (χ0n) is 14.5. The van der Waals surface area contributed by atoms with Gasteiger partial charge in [0.05, 0.1) is 27.0 Å². The van der Waals surface area contributed by atoms with Crippen LogP contribution in [-0.2, 0) is 0 Å². The molecule has 0 saturated carbocycles. The quantitative estimate of drug-likeness (QED) is 0.425. The summed E-state index contributed by atoms with van der Waals surface area (Å²) in [5.41, 5.74) is 2.91. The second-order valence-electron chi connectivity index (χ2n) is 5.46. The molecule has 3 rings (SSSR count). The van der Waals surface area contributed by atoms with E-state index in [0.717, 1.165) is 22.1 Å². The molecule has 2 aromatic carbocycles. The van der Waals surface area contributed by atoms with Gasteiger partial charge in [-0.2, -0.15) is 0 Å². The molecule has 0 aliphatic rings. The lowest BCUT2D eigenvalue weighted by Crippen LogP contribution is -1.95. The van der Waals surface area contributed by atoms with Crippen molar-refractivity contribution in [1.82, 2.24) is 0 Å². The van der Waals surface area contributed by atoms with E-state index in [1.807, 2.05) is 36.4 Å². The van der Waals surface area contributed by atoms with Crippen molar-refractivity contribution in [3.63, 3.8) is 0 Å². The van der Waals surface area contributed by atoms with Crippen LogP contribution in [0.2, 0.25) is 0 Å². The van der Waals surface area contributed by atoms with E-state index >= 15 is 0 Å². The third-order valence-corrected chi connectivity index (χ3v) is 4.03. The van der Waals surface area contributed by atoms with Crippen LogP contribution in [0.25, 0.3) is 22.3 Å². The van der Waals surface area contributed by atoms with Gasteiger partial charge < -0.3 is 23.8 Å². The lowest BCUT2D eigenvalue weighted by atomic mass is 10.1. The van der Waals surface area contributed by atoms with Crippen LogP contribution in [-0.4, -0.2) is 32.2 Å². The van der Waals surface area contributed by atoms with E-state index in [9.17, 15) is 0 Å². The van der Waals surface area contributed by atoms with Crippen LogP contribution in [0.1, 0.15) is 12.5 Å². The van der Waals surface area contributed by atoms with E-state index in [1.165, 1.54) is 0 Å². The lowest BCUT2D eigenvalue weighted by molar-refractivity contribution is 0.319. The van der Waals surface area contributed by atoms with Gasteiger partial charge in [0, 0.05) is 10.9 Å². The number of oxime groups is 1.